The molecule has 0 aliphatic heterocycles. The van der Waals surface area contributed by atoms with Crippen molar-refractivity contribution in [2.75, 3.05) is 7.11 Å². The molecule has 0 unspecified atom stereocenters. The van der Waals surface area contributed by atoms with Gasteiger partial charge in [0, 0.05) is 0 Å². The number of hydrogen-bond acceptors (Lipinski definition) is 5. The van der Waals surface area contributed by atoms with Crippen LogP contribution in [-0.4, -0.2) is 32.9 Å². The lowest BCUT2D eigenvalue weighted by Crippen LogP contribution is -2.41. The number of carbonyl (C=O) groups is 1. The highest BCUT2D eigenvalue weighted by Crippen LogP contribution is 2.34. The molecule has 0 heterocycles. The lowest BCUT2D eigenvalue weighted by Gasteiger charge is -2.32. The molecule has 0 N–H and O–H groups in total. The average molecular weight is 579 g/mol. The Kier molecular flexibility index (Phi) is 7.98. The van der Waals surface area contributed by atoms with Gasteiger partial charge in [-0.1, -0.05) is 91.3 Å². The van der Waals surface area contributed by atoms with Crippen LogP contribution in [0.5, 0.6) is 5.75 Å². The summed E-state index contributed by atoms with van der Waals surface area (Å²) < 4.78 is 39.5. The third-order valence-electron chi connectivity index (χ3n) is 8.40. The summed E-state index contributed by atoms with van der Waals surface area (Å²) in [5.74, 6) is -0.200. The quantitative estimate of drug-likeness (QED) is 0.177. The van der Waals surface area contributed by atoms with Crippen molar-refractivity contribution in [3.05, 3.63) is 120 Å². The number of sulfone groups is 1. The standard InChI is InChI=1S/C36H34O5S/c1-40-31-19-17-28-22-30(16-15-29(28)23-31)33(21-25-9-3-2-4-10-25)36(37)41-34-13-7-8-14-35(34)42(38,39)32-20-18-26-11-5-6-12-27(26)24-32/h2-6,9-12,15-20,22-24,33-35H,7-8,13-14,21H2,1H3/t33-,34+,35+/m1/s1. The van der Waals surface area contributed by atoms with Gasteiger partial charge >= 0.3 is 5.97 Å². The van der Waals surface area contributed by atoms with E-state index in [-0.39, 0.29) is 4.90 Å². The van der Waals surface area contributed by atoms with E-state index in [1.807, 2.05) is 97.1 Å². The van der Waals surface area contributed by atoms with E-state index in [1.54, 1.807) is 19.2 Å². The molecule has 0 amide bonds. The van der Waals surface area contributed by atoms with Gasteiger partial charge in [0.1, 0.15) is 17.1 Å². The Hall–Kier alpha value is -4.16. The number of methoxy groups -OCH3 is 1. The molecule has 5 aromatic carbocycles. The van der Waals surface area contributed by atoms with Crippen molar-refractivity contribution in [2.45, 2.75) is 54.3 Å². The Morgan fingerprint density at radius 2 is 1.43 bits per heavy atom. The fraction of sp³-hybridized carbons (Fsp3) is 0.250. The van der Waals surface area contributed by atoms with E-state index in [0.717, 1.165) is 51.3 Å². The van der Waals surface area contributed by atoms with Crippen LogP contribution in [0.2, 0.25) is 0 Å². The number of hydrogen-bond donors (Lipinski definition) is 0. The molecule has 6 rings (SSSR count). The molecular weight excluding hydrogens is 544 g/mol. The van der Waals surface area contributed by atoms with Gasteiger partial charge in [0.05, 0.1) is 17.9 Å². The van der Waals surface area contributed by atoms with Crippen molar-refractivity contribution in [1.29, 1.82) is 0 Å². The summed E-state index contributed by atoms with van der Waals surface area (Å²) in [6.07, 6.45) is 2.35. The molecular formula is C36H34O5S. The number of carbonyl (C=O) groups excluding carboxylic acids is 1. The first kappa shape index (κ1) is 28.0. The molecule has 1 aliphatic carbocycles. The smallest absolute Gasteiger partial charge is 0.314 e. The maximum atomic E-state index is 14.0. The SMILES string of the molecule is COc1ccc2cc([C@@H](Cc3ccccc3)C(=O)O[C@H]3CCCC[C@@H]3S(=O)(=O)c3ccc4ccccc4c3)ccc2c1. The molecule has 1 fully saturated rings. The highest BCUT2D eigenvalue weighted by Gasteiger charge is 2.40. The summed E-state index contributed by atoms with van der Waals surface area (Å²) >= 11 is 0. The summed E-state index contributed by atoms with van der Waals surface area (Å²) in [5, 5.41) is 3.09. The Bertz CT molecular complexity index is 1830. The maximum Gasteiger partial charge on any atom is 0.314 e. The predicted octanol–water partition coefficient (Wildman–Crippen LogP) is 7.66. The molecule has 3 atom stereocenters. The van der Waals surface area contributed by atoms with Crippen molar-refractivity contribution in [2.24, 2.45) is 0 Å². The van der Waals surface area contributed by atoms with Gasteiger partial charge in [-0.3, -0.25) is 4.79 Å². The number of esters is 1. The molecule has 0 bridgehead atoms. The molecule has 0 saturated heterocycles. The minimum Gasteiger partial charge on any atom is -0.497 e. The molecule has 1 aliphatic rings. The second kappa shape index (κ2) is 12.0. The zero-order valence-corrected chi connectivity index (χ0v) is 24.4. The second-order valence-corrected chi connectivity index (χ2v) is 13.2. The van der Waals surface area contributed by atoms with Crippen molar-refractivity contribution in [3.63, 3.8) is 0 Å². The third kappa shape index (κ3) is 5.77. The van der Waals surface area contributed by atoms with E-state index < -0.39 is 33.1 Å². The van der Waals surface area contributed by atoms with Crippen LogP contribution < -0.4 is 4.74 Å². The molecule has 0 radical (unpaired) electrons. The van der Waals surface area contributed by atoms with E-state index in [1.165, 1.54) is 0 Å². The lowest BCUT2D eigenvalue weighted by atomic mass is 9.90. The van der Waals surface area contributed by atoms with E-state index in [9.17, 15) is 13.2 Å². The van der Waals surface area contributed by atoms with Crippen molar-refractivity contribution >= 4 is 37.4 Å². The summed E-state index contributed by atoms with van der Waals surface area (Å²) in [7, 11) is -2.08. The van der Waals surface area contributed by atoms with Gasteiger partial charge < -0.3 is 9.47 Å². The van der Waals surface area contributed by atoms with Crippen molar-refractivity contribution < 1.29 is 22.7 Å². The summed E-state index contributed by atoms with van der Waals surface area (Å²) in [6.45, 7) is 0. The Morgan fingerprint density at radius 1 is 0.762 bits per heavy atom. The minimum atomic E-state index is -3.72. The molecule has 42 heavy (non-hydrogen) atoms. The summed E-state index contributed by atoms with van der Waals surface area (Å²) in [6, 6.07) is 34.7. The predicted molar refractivity (Wildman–Crippen MR) is 167 cm³/mol. The lowest BCUT2D eigenvalue weighted by molar-refractivity contribution is -0.152. The van der Waals surface area contributed by atoms with Crippen LogP contribution in [0.4, 0.5) is 0 Å². The molecule has 0 spiro atoms. The molecule has 0 aromatic heterocycles. The number of rotatable bonds is 8. The monoisotopic (exact) mass is 578 g/mol. The first-order valence-corrected chi connectivity index (χ1v) is 16.0. The Morgan fingerprint density at radius 3 is 2.24 bits per heavy atom. The fourth-order valence-electron chi connectivity index (χ4n) is 6.08. The summed E-state index contributed by atoms with van der Waals surface area (Å²) in [5.41, 5.74) is 1.85. The number of benzene rings is 5. The van der Waals surface area contributed by atoms with E-state index in [0.29, 0.717) is 19.3 Å². The van der Waals surface area contributed by atoms with Gasteiger partial charge in [0.25, 0.3) is 0 Å². The highest BCUT2D eigenvalue weighted by molar-refractivity contribution is 7.92. The third-order valence-corrected chi connectivity index (χ3v) is 10.6. The molecule has 5 aromatic rings. The zero-order valence-electron chi connectivity index (χ0n) is 23.6. The van der Waals surface area contributed by atoms with Crippen molar-refractivity contribution in [1.82, 2.24) is 0 Å². The molecule has 6 heteroatoms. The highest BCUT2D eigenvalue weighted by atomic mass is 32.2. The van der Waals surface area contributed by atoms with Gasteiger partial charge in [0.15, 0.2) is 9.84 Å². The second-order valence-electron chi connectivity index (χ2n) is 11.1. The van der Waals surface area contributed by atoms with Crippen LogP contribution in [0, 0.1) is 0 Å². The molecule has 214 valence electrons. The van der Waals surface area contributed by atoms with Gasteiger partial charge in [-0.25, -0.2) is 8.42 Å². The minimum absolute atomic E-state index is 0.278. The molecule has 1 saturated carbocycles. The van der Waals surface area contributed by atoms with Gasteiger partial charge in [-0.05, 0) is 82.6 Å². The maximum absolute atomic E-state index is 14.0. The largest absolute Gasteiger partial charge is 0.497 e. The van der Waals surface area contributed by atoms with Crippen LogP contribution in [0.25, 0.3) is 21.5 Å². The first-order chi connectivity index (χ1) is 20.4. The normalized spacial score (nSPS) is 18.0. The van der Waals surface area contributed by atoms with Crippen LogP contribution in [0.1, 0.15) is 42.7 Å². The van der Waals surface area contributed by atoms with Crippen LogP contribution >= 0.6 is 0 Å². The van der Waals surface area contributed by atoms with Crippen LogP contribution in [0.15, 0.2) is 114 Å². The Balaban J connectivity index is 1.31. The average Bonchev–Trinajstić information content (AvgIpc) is 3.03. The first-order valence-electron chi connectivity index (χ1n) is 14.5. The topological polar surface area (TPSA) is 69.7 Å². The van der Waals surface area contributed by atoms with Crippen LogP contribution in [-0.2, 0) is 25.8 Å². The number of fused-ring (bicyclic) bond motifs is 2. The van der Waals surface area contributed by atoms with E-state index in [2.05, 4.69) is 0 Å². The number of ether oxygens (including phenoxy) is 2. The van der Waals surface area contributed by atoms with Crippen molar-refractivity contribution in [3.8, 4) is 5.75 Å². The van der Waals surface area contributed by atoms with Gasteiger partial charge in [-0.2, -0.15) is 0 Å². The summed E-state index contributed by atoms with van der Waals surface area (Å²) in [4.78, 5) is 14.3. The van der Waals surface area contributed by atoms with E-state index >= 15 is 0 Å². The molecule has 5 nitrogen and oxygen atoms in total. The van der Waals surface area contributed by atoms with Gasteiger partial charge in [0.2, 0.25) is 0 Å². The fourth-order valence-corrected chi connectivity index (χ4v) is 8.04. The van der Waals surface area contributed by atoms with Gasteiger partial charge in [-0.15, -0.1) is 0 Å². The zero-order chi connectivity index (χ0) is 29.1. The Labute approximate surface area is 247 Å². The van der Waals surface area contributed by atoms with Crippen LogP contribution in [0.3, 0.4) is 0 Å². The van der Waals surface area contributed by atoms with E-state index in [4.69, 9.17) is 9.47 Å².